The summed E-state index contributed by atoms with van der Waals surface area (Å²) >= 11 is 7.40. The van der Waals surface area contributed by atoms with Gasteiger partial charge in [0.1, 0.15) is 5.66 Å². The van der Waals surface area contributed by atoms with Crippen molar-refractivity contribution in [2.45, 2.75) is 12.1 Å². The highest BCUT2D eigenvalue weighted by Gasteiger charge is 2.36. The van der Waals surface area contributed by atoms with Crippen LogP contribution in [0, 0.1) is 11.6 Å². The average molecular weight is 444 g/mol. The van der Waals surface area contributed by atoms with Crippen molar-refractivity contribution in [1.82, 2.24) is 5.32 Å². The highest BCUT2D eigenvalue weighted by atomic mass is 35.5. The second kappa shape index (κ2) is 8.29. The van der Waals surface area contributed by atoms with Gasteiger partial charge in [0, 0.05) is 22.9 Å². The first-order valence-corrected chi connectivity index (χ1v) is 11.8. The van der Waals surface area contributed by atoms with E-state index in [9.17, 15) is 23.0 Å². The molecule has 3 rings (SSSR count). The molecule has 1 amide bonds. The van der Waals surface area contributed by atoms with Gasteiger partial charge in [-0.2, -0.15) is 0 Å². The second-order valence-corrected chi connectivity index (χ2v) is 10.2. The Labute approximate surface area is 169 Å². The third-order valence-electron chi connectivity index (χ3n) is 4.28. The zero-order valence-electron chi connectivity index (χ0n) is 14.8. The van der Waals surface area contributed by atoms with E-state index in [1.165, 1.54) is 17.4 Å². The van der Waals surface area contributed by atoms with Gasteiger partial charge in [0.15, 0.2) is 11.6 Å². The van der Waals surface area contributed by atoms with Crippen molar-refractivity contribution in [3.63, 3.8) is 0 Å². The summed E-state index contributed by atoms with van der Waals surface area (Å²) in [5.74, 6) is -2.50. The minimum absolute atomic E-state index is 0.114. The molecule has 0 fully saturated rings. The van der Waals surface area contributed by atoms with E-state index in [2.05, 4.69) is 5.32 Å². The van der Waals surface area contributed by atoms with Crippen LogP contribution in [0.4, 0.5) is 8.78 Å². The standard InChI is InChI=1S/C19H17ClF2NO3PS/c1-27(25,26)18(14-10-28-17-5-3-12(20)9-13(14)17)19(24)23-7-6-11-2-4-15(21)16(22)8-11/h2-5,8-10,18H,6-7H2,1H3,(H,23,24)(H,25,26). The van der Waals surface area contributed by atoms with Crippen molar-refractivity contribution in [3.8, 4) is 0 Å². The molecular weight excluding hydrogens is 427 g/mol. The molecule has 0 saturated heterocycles. The van der Waals surface area contributed by atoms with Gasteiger partial charge in [0.2, 0.25) is 13.3 Å². The fourth-order valence-corrected chi connectivity index (χ4v) is 5.47. The maximum Gasteiger partial charge on any atom is 0.237 e. The lowest BCUT2D eigenvalue weighted by molar-refractivity contribution is -0.120. The molecule has 28 heavy (non-hydrogen) atoms. The van der Waals surface area contributed by atoms with Crippen molar-refractivity contribution in [3.05, 3.63) is 69.6 Å². The van der Waals surface area contributed by atoms with E-state index in [1.807, 2.05) is 0 Å². The quantitative estimate of drug-likeness (QED) is 0.519. The summed E-state index contributed by atoms with van der Waals surface area (Å²) in [6.07, 6.45) is 0.255. The smallest absolute Gasteiger partial charge is 0.237 e. The largest absolute Gasteiger partial charge is 0.355 e. The summed E-state index contributed by atoms with van der Waals surface area (Å²) in [5, 5.41) is 5.44. The molecule has 0 radical (unpaired) electrons. The zero-order chi connectivity index (χ0) is 20.5. The molecule has 2 aromatic carbocycles. The Morgan fingerprint density at radius 1 is 1.25 bits per heavy atom. The lowest BCUT2D eigenvalue weighted by atomic mass is 10.1. The molecule has 4 nitrogen and oxygen atoms in total. The molecule has 9 heteroatoms. The molecule has 0 aliphatic heterocycles. The molecule has 0 bridgehead atoms. The summed E-state index contributed by atoms with van der Waals surface area (Å²) in [4.78, 5) is 22.9. The Hall–Kier alpha value is -1.79. The number of halogens is 3. The number of rotatable bonds is 6. The van der Waals surface area contributed by atoms with Gasteiger partial charge in [-0.05, 0) is 58.6 Å². The van der Waals surface area contributed by atoms with E-state index in [-0.39, 0.29) is 13.0 Å². The summed E-state index contributed by atoms with van der Waals surface area (Å²) in [7, 11) is -3.82. The summed E-state index contributed by atoms with van der Waals surface area (Å²) in [6, 6.07) is 8.68. The monoisotopic (exact) mass is 443 g/mol. The first-order chi connectivity index (χ1) is 13.2. The van der Waals surface area contributed by atoms with Crippen LogP contribution >= 0.6 is 30.3 Å². The molecule has 2 unspecified atom stereocenters. The number of thiophene rings is 1. The molecule has 0 spiro atoms. The third kappa shape index (κ3) is 4.61. The van der Waals surface area contributed by atoms with Crippen LogP contribution in [-0.4, -0.2) is 24.0 Å². The molecular formula is C19H17ClF2NO3PS. The zero-order valence-corrected chi connectivity index (χ0v) is 17.3. The Balaban J connectivity index is 1.79. The Morgan fingerprint density at radius 2 is 2.00 bits per heavy atom. The molecule has 0 saturated carbocycles. The van der Waals surface area contributed by atoms with Crippen molar-refractivity contribution in [2.75, 3.05) is 13.2 Å². The van der Waals surface area contributed by atoms with Crippen LogP contribution in [0.2, 0.25) is 5.02 Å². The lowest BCUT2D eigenvalue weighted by Crippen LogP contribution is -2.31. The van der Waals surface area contributed by atoms with Crippen LogP contribution in [0.25, 0.3) is 10.1 Å². The number of carbonyl (C=O) groups is 1. The topological polar surface area (TPSA) is 66.4 Å². The summed E-state index contributed by atoms with van der Waals surface area (Å²) < 4.78 is 39.6. The molecule has 1 heterocycles. The first kappa shape index (κ1) is 20.9. The Morgan fingerprint density at radius 3 is 2.68 bits per heavy atom. The number of hydrogen-bond acceptors (Lipinski definition) is 3. The second-order valence-electron chi connectivity index (χ2n) is 6.47. The van der Waals surface area contributed by atoms with Gasteiger partial charge in [0.25, 0.3) is 0 Å². The van der Waals surface area contributed by atoms with E-state index in [0.29, 0.717) is 21.5 Å². The number of fused-ring (bicyclic) bond motifs is 1. The molecule has 0 aliphatic rings. The van der Waals surface area contributed by atoms with Crippen molar-refractivity contribution in [1.29, 1.82) is 0 Å². The fraction of sp³-hybridized carbons (Fsp3) is 0.211. The number of benzene rings is 2. The normalized spacial score (nSPS) is 14.6. The van der Waals surface area contributed by atoms with Gasteiger partial charge < -0.3 is 10.2 Å². The lowest BCUT2D eigenvalue weighted by Gasteiger charge is -2.19. The highest BCUT2D eigenvalue weighted by molar-refractivity contribution is 7.58. The SMILES string of the molecule is CP(=O)(O)C(C(=O)NCCc1ccc(F)c(F)c1)c1csc2ccc(Cl)cc12. The van der Waals surface area contributed by atoms with Gasteiger partial charge in [0.05, 0.1) is 0 Å². The average Bonchev–Trinajstić information content (AvgIpc) is 3.00. The Bertz CT molecular complexity index is 1080. The molecule has 2 N–H and O–H groups in total. The van der Waals surface area contributed by atoms with Crippen molar-refractivity contribution >= 4 is 46.3 Å². The van der Waals surface area contributed by atoms with Crippen molar-refractivity contribution in [2.24, 2.45) is 0 Å². The van der Waals surface area contributed by atoms with E-state index in [0.717, 1.165) is 23.5 Å². The van der Waals surface area contributed by atoms with E-state index < -0.39 is 30.6 Å². The molecule has 0 aliphatic carbocycles. The molecule has 3 aromatic rings. The van der Waals surface area contributed by atoms with Crippen LogP contribution < -0.4 is 5.32 Å². The highest BCUT2D eigenvalue weighted by Crippen LogP contribution is 2.54. The van der Waals surface area contributed by atoms with Crippen LogP contribution in [0.3, 0.4) is 0 Å². The van der Waals surface area contributed by atoms with Crippen LogP contribution in [0.5, 0.6) is 0 Å². The predicted molar refractivity (Wildman–Crippen MR) is 108 cm³/mol. The van der Waals surface area contributed by atoms with Crippen LogP contribution in [-0.2, 0) is 15.8 Å². The van der Waals surface area contributed by atoms with E-state index >= 15 is 0 Å². The molecule has 1 aromatic heterocycles. The van der Waals surface area contributed by atoms with Crippen LogP contribution in [0.15, 0.2) is 41.8 Å². The Kier molecular flexibility index (Phi) is 6.20. The third-order valence-corrected chi connectivity index (χ3v) is 6.97. The number of hydrogen-bond donors (Lipinski definition) is 2. The first-order valence-electron chi connectivity index (χ1n) is 8.35. The number of nitrogens with one attached hydrogen (secondary N) is 1. The van der Waals surface area contributed by atoms with E-state index in [4.69, 9.17) is 11.6 Å². The maximum absolute atomic E-state index is 13.3. The minimum Gasteiger partial charge on any atom is -0.355 e. The van der Waals surface area contributed by atoms with E-state index in [1.54, 1.807) is 23.6 Å². The summed E-state index contributed by atoms with van der Waals surface area (Å²) in [6.45, 7) is 1.25. The fourth-order valence-electron chi connectivity index (χ4n) is 2.97. The predicted octanol–water partition coefficient (Wildman–Crippen LogP) is 5.13. The van der Waals surface area contributed by atoms with Crippen molar-refractivity contribution < 1.29 is 23.0 Å². The summed E-state index contributed by atoms with van der Waals surface area (Å²) in [5.41, 5.74) is -0.293. The molecule has 2 atom stereocenters. The number of amides is 1. The van der Waals surface area contributed by atoms with Gasteiger partial charge in [-0.1, -0.05) is 17.7 Å². The minimum atomic E-state index is -3.82. The maximum atomic E-state index is 13.3. The van der Waals surface area contributed by atoms with Gasteiger partial charge in [-0.3, -0.25) is 9.36 Å². The van der Waals surface area contributed by atoms with Gasteiger partial charge >= 0.3 is 0 Å². The number of carbonyl (C=O) groups excluding carboxylic acids is 1. The van der Waals surface area contributed by atoms with Gasteiger partial charge in [-0.15, -0.1) is 11.3 Å². The van der Waals surface area contributed by atoms with Crippen LogP contribution in [0.1, 0.15) is 16.8 Å². The molecule has 148 valence electrons. The van der Waals surface area contributed by atoms with Gasteiger partial charge in [-0.25, -0.2) is 8.78 Å².